The van der Waals surface area contributed by atoms with Crippen molar-refractivity contribution in [2.24, 2.45) is 0 Å². The van der Waals surface area contributed by atoms with E-state index in [1.807, 2.05) is 36.4 Å². The first-order valence-corrected chi connectivity index (χ1v) is 9.67. The summed E-state index contributed by atoms with van der Waals surface area (Å²) in [6.45, 7) is 1.15. The molecule has 150 valence electrons. The Hall–Kier alpha value is -3.19. The van der Waals surface area contributed by atoms with Crippen LogP contribution in [0.2, 0.25) is 0 Å². The number of para-hydroxylation sites is 1. The lowest BCUT2D eigenvalue weighted by Crippen LogP contribution is -2.44. The zero-order valence-corrected chi connectivity index (χ0v) is 16.2. The summed E-state index contributed by atoms with van der Waals surface area (Å²) in [6, 6.07) is 14.7. The number of hydrogen-bond donors (Lipinski definition) is 1. The Morgan fingerprint density at radius 2 is 1.97 bits per heavy atom. The molecule has 1 N–H and O–H groups in total. The van der Waals surface area contributed by atoms with E-state index in [4.69, 9.17) is 4.74 Å². The van der Waals surface area contributed by atoms with Gasteiger partial charge in [0.05, 0.1) is 25.3 Å². The third-order valence-electron chi connectivity index (χ3n) is 5.24. The summed E-state index contributed by atoms with van der Waals surface area (Å²) in [4.78, 5) is 27.5. The molecular formula is C22H23N3O4. The van der Waals surface area contributed by atoms with Gasteiger partial charge in [0.15, 0.2) is 5.69 Å². The van der Waals surface area contributed by atoms with E-state index in [0.29, 0.717) is 36.8 Å². The fourth-order valence-corrected chi connectivity index (χ4v) is 3.69. The van der Waals surface area contributed by atoms with Gasteiger partial charge in [-0.2, -0.15) is 5.10 Å². The number of likely N-dealkylation sites (tertiary alicyclic amines) is 1. The van der Waals surface area contributed by atoms with Crippen LogP contribution in [-0.2, 0) is 6.54 Å². The van der Waals surface area contributed by atoms with Crippen LogP contribution >= 0.6 is 0 Å². The Kier molecular flexibility index (Phi) is 5.31. The summed E-state index contributed by atoms with van der Waals surface area (Å²) in [5, 5.41) is 14.8. The zero-order chi connectivity index (χ0) is 20.4. The number of benzene rings is 2. The van der Waals surface area contributed by atoms with Gasteiger partial charge >= 0.3 is 0 Å². The number of fused-ring (bicyclic) bond motifs is 1. The molecule has 1 atom stereocenters. The summed E-state index contributed by atoms with van der Waals surface area (Å²) >= 11 is 0. The molecular weight excluding hydrogens is 370 g/mol. The molecule has 1 unspecified atom stereocenters. The Balaban J connectivity index is 1.76. The molecule has 0 saturated carbocycles. The van der Waals surface area contributed by atoms with E-state index >= 15 is 0 Å². The molecule has 0 aliphatic carbocycles. The third kappa shape index (κ3) is 3.86. The van der Waals surface area contributed by atoms with Gasteiger partial charge in [0, 0.05) is 18.5 Å². The first-order valence-electron chi connectivity index (χ1n) is 9.67. The second-order valence-electron chi connectivity index (χ2n) is 7.25. The van der Waals surface area contributed by atoms with Crippen LogP contribution in [-0.4, -0.2) is 52.0 Å². The van der Waals surface area contributed by atoms with Crippen molar-refractivity contribution >= 4 is 16.8 Å². The lowest BCUT2D eigenvalue weighted by atomic mass is 10.1. The van der Waals surface area contributed by atoms with Crippen LogP contribution in [0.25, 0.3) is 10.9 Å². The topological polar surface area (TPSA) is 84.7 Å². The predicted octanol–water partition coefficient (Wildman–Crippen LogP) is 2.05. The van der Waals surface area contributed by atoms with Crippen LogP contribution in [0.3, 0.4) is 0 Å². The average molecular weight is 393 g/mol. The number of amides is 1. The maximum atomic E-state index is 13.0. The third-order valence-corrected chi connectivity index (χ3v) is 5.24. The second kappa shape index (κ2) is 8.05. The number of aliphatic hydroxyl groups excluding tert-OH is 1. The van der Waals surface area contributed by atoms with E-state index in [-0.39, 0.29) is 17.7 Å². The highest BCUT2D eigenvalue weighted by Gasteiger charge is 2.27. The molecule has 1 aliphatic rings. The molecule has 4 rings (SSSR count). The Morgan fingerprint density at radius 3 is 2.69 bits per heavy atom. The van der Waals surface area contributed by atoms with E-state index in [1.165, 1.54) is 4.90 Å². The van der Waals surface area contributed by atoms with Gasteiger partial charge in [-0.15, -0.1) is 0 Å². The predicted molar refractivity (Wildman–Crippen MR) is 109 cm³/mol. The highest BCUT2D eigenvalue weighted by molar-refractivity contribution is 5.95. The number of methoxy groups -OCH3 is 1. The minimum atomic E-state index is -0.560. The largest absolute Gasteiger partial charge is 0.497 e. The van der Waals surface area contributed by atoms with Gasteiger partial charge in [0.1, 0.15) is 5.75 Å². The molecule has 1 amide bonds. The van der Waals surface area contributed by atoms with Crippen LogP contribution < -0.4 is 10.2 Å². The standard InChI is InChI=1S/C22H23N3O4/c1-29-17-10-8-15(9-11-17)13-25-19-7-3-2-6-18(19)21(27)20(23-25)22(28)24-12-4-5-16(26)14-24/h2-3,6-11,16,26H,4-5,12-14H2,1H3. The van der Waals surface area contributed by atoms with Crippen molar-refractivity contribution in [1.29, 1.82) is 0 Å². The number of piperidine rings is 1. The van der Waals surface area contributed by atoms with Crippen LogP contribution in [0.4, 0.5) is 0 Å². The molecule has 1 aromatic heterocycles. The minimum Gasteiger partial charge on any atom is -0.497 e. The molecule has 1 saturated heterocycles. The molecule has 0 radical (unpaired) electrons. The van der Waals surface area contributed by atoms with Crippen LogP contribution in [0, 0.1) is 0 Å². The number of aliphatic hydroxyl groups is 1. The Morgan fingerprint density at radius 1 is 1.21 bits per heavy atom. The molecule has 2 heterocycles. The van der Waals surface area contributed by atoms with Gasteiger partial charge in [-0.1, -0.05) is 24.3 Å². The smallest absolute Gasteiger partial charge is 0.278 e. The van der Waals surface area contributed by atoms with E-state index in [9.17, 15) is 14.7 Å². The quantitative estimate of drug-likeness (QED) is 0.733. The van der Waals surface area contributed by atoms with Gasteiger partial charge in [-0.05, 0) is 42.7 Å². The second-order valence-corrected chi connectivity index (χ2v) is 7.25. The number of rotatable bonds is 4. The number of carbonyl (C=O) groups excluding carboxylic acids is 1. The summed E-state index contributed by atoms with van der Waals surface area (Å²) in [6.07, 6.45) is 0.812. The van der Waals surface area contributed by atoms with Crippen molar-refractivity contribution in [2.45, 2.75) is 25.5 Å². The summed E-state index contributed by atoms with van der Waals surface area (Å²) < 4.78 is 6.88. The molecule has 1 aliphatic heterocycles. The minimum absolute atomic E-state index is 0.105. The number of carbonyl (C=O) groups is 1. The molecule has 0 spiro atoms. The molecule has 3 aromatic rings. The number of aromatic nitrogens is 2. The maximum absolute atomic E-state index is 13.0. The molecule has 2 aromatic carbocycles. The van der Waals surface area contributed by atoms with Gasteiger partial charge in [-0.25, -0.2) is 0 Å². The molecule has 29 heavy (non-hydrogen) atoms. The molecule has 1 fully saturated rings. The van der Waals surface area contributed by atoms with E-state index in [0.717, 1.165) is 11.3 Å². The lowest BCUT2D eigenvalue weighted by molar-refractivity contribution is 0.0466. The first kappa shape index (κ1) is 19.1. The monoisotopic (exact) mass is 393 g/mol. The maximum Gasteiger partial charge on any atom is 0.278 e. The van der Waals surface area contributed by atoms with Crippen molar-refractivity contribution in [1.82, 2.24) is 14.7 Å². The zero-order valence-electron chi connectivity index (χ0n) is 16.2. The highest BCUT2D eigenvalue weighted by Crippen LogP contribution is 2.17. The van der Waals surface area contributed by atoms with Gasteiger partial charge < -0.3 is 14.7 Å². The van der Waals surface area contributed by atoms with Crippen molar-refractivity contribution in [3.8, 4) is 5.75 Å². The van der Waals surface area contributed by atoms with E-state index < -0.39 is 12.0 Å². The van der Waals surface area contributed by atoms with Gasteiger partial charge in [0.2, 0.25) is 5.43 Å². The Labute approximate surface area is 168 Å². The van der Waals surface area contributed by atoms with E-state index in [2.05, 4.69) is 5.10 Å². The fraction of sp³-hybridized carbons (Fsp3) is 0.318. The summed E-state index contributed by atoms with van der Waals surface area (Å²) in [7, 11) is 1.61. The van der Waals surface area contributed by atoms with E-state index in [1.54, 1.807) is 23.9 Å². The first-order chi connectivity index (χ1) is 14.1. The molecule has 7 heteroatoms. The highest BCUT2D eigenvalue weighted by atomic mass is 16.5. The van der Waals surface area contributed by atoms with Gasteiger partial charge in [0.25, 0.3) is 5.91 Å². The van der Waals surface area contributed by atoms with Crippen LogP contribution in [0.1, 0.15) is 28.9 Å². The normalized spacial score (nSPS) is 16.8. The van der Waals surface area contributed by atoms with Crippen molar-refractivity contribution < 1.29 is 14.6 Å². The fourth-order valence-electron chi connectivity index (χ4n) is 3.69. The summed E-state index contributed by atoms with van der Waals surface area (Å²) in [5.41, 5.74) is 1.16. The number of β-amino-alcohol motifs (C(OH)–C–C–N with tert-alkyl or cyclic N) is 1. The number of ether oxygens (including phenoxy) is 1. The van der Waals surface area contributed by atoms with Crippen LogP contribution in [0.15, 0.2) is 53.3 Å². The van der Waals surface area contributed by atoms with Gasteiger partial charge in [-0.3, -0.25) is 14.3 Å². The Bertz CT molecular complexity index is 1090. The van der Waals surface area contributed by atoms with Crippen molar-refractivity contribution in [3.63, 3.8) is 0 Å². The summed E-state index contributed by atoms with van der Waals surface area (Å²) in [5.74, 6) is 0.328. The van der Waals surface area contributed by atoms with Crippen molar-refractivity contribution in [3.05, 3.63) is 70.0 Å². The van der Waals surface area contributed by atoms with Crippen LogP contribution in [0.5, 0.6) is 5.75 Å². The average Bonchev–Trinajstić information content (AvgIpc) is 2.76. The van der Waals surface area contributed by atoms with Crippen molar-refractivity contribution in [2.75, 3.05) is 20.2 Å². The number of nitrogens with zero attached hydrogens (tertiary/aromatic N) is 3. The lowest BCUT2D eigenvalue weighted by Gasteiger charge is -2.29. The number of hydrogen-bond acceptors (Lipinski definition) is 5. The SMILES string of the molecule is COc1ccc(Cn2nc(C(=O)N3CCCC(O)C3)c(=O)c3ccccc32)cc1. The molecule has 7 nitrogen and oxygen atoms in total. The molecule has 0 bridgehead atoms.